The normalized spacial score (nSPS) is 12.0. The van der Waals surface area contributed by atoms with Crippen molar-refractivity contribution in [3.05, 3.63) is 35.5 Å². The SMILES string of the molecule is CCc1cccc2cc(O)c(C(C)(C)OC)nc12. The molecular formula is C15H19NO2. The number of hydrogen-bond acceptors (Lipinski definition) is 3. The molecule has 2 aromatic rings. The van der Waals surface area contributed by atoms with Gasteiger partial charge in [0.1, 0.15) is 17.0 Å². The zero-order chi connectivity index (χ0) is 13.3. The van der Waals surface area contributed by atoms with Crippen molar-refractivity contribution in [3.63, 3.8) is 0 Å². The second-order valence-corrected chi connectivity index (χ2v) is 4.91. The molecule has 0 saturated carbocycles. The van der Waals surface area contributed by atoms with Crippen molar-refractivity contribution in [2.75, 3.05) is 7.11 Å². The topological polar surface area (TPSA) is 42.4 Å². The van der Waals surface area contributed by atoms with E-state index in [9.17, 15) is 5.11 Å². The monoisotopic (exact) mass is 245 g/mol. The van der Waals surface area contributed by atoms with E-state index < -0.39 is 5.60 Å². The molecule has 0 atom stereocenters. The van der Waals surface area contributed by atoms with E-state index in [2.05, 4.69) is 18.0 Å². The van der Waals surface area contributed by atoms with E-state index in [0.29, 0.717) is 5.69 Å². The van der Waals surface area contributed by atoms with Gasteiger partial charge in [0.05, 0.1) is 5.52 Å². The van der Waals surface area contributed by atoms with E-state index >= 15 is 0 Å². The molecule has 0 saturated heterocycles. The Bertz CT molecular complexity index is 576. The van der Waals surface area contributed by atoms with E-state index in [1.807, 2.05) is 26.0 Å². The molecule has 3 nitrogen and oxygen atoms in total. The third-order valence-electron chi connectivity index (χ3n) is 3.37. The summed E-state index contributed by atoms with van der Waals surface area (Å²) in [6, 6.07) is 7.78. The maximum atomic E-state index is 10.1. The molecule has 0 aliphatic heterocycles. The molecule has 96 valence electrons. The lowest BCUT2D eigenvalue weighted by atomic mass is 10.00. The minimum Gasteiger partial charge on any atom is -0.506 e. The van der Waals surface area contributed by atoms with E-state index in [1.54, 1.807) is 13.2 Å². The van der Waals surface area contributed by atoms with Gasteiger partial charge in [-0.05, 0) is 31.9 Å². The summed E-state index contributed by atoms with van der Waals surface area (Å²) < 4.78 is 5.40. The second kappa shape index (κ2) is 4.58. The molecule has 0 bridgehead atoms. The van der Waals surface area contributed by atoms with E-state index in [4.69, 9.17) is 4.74 Å². The molecule has 1 aromatic carbocycles. The Kier molecular flexibility index (Phi) is 3.26. The van der Waals surface area contributed by atoms with Crippen LogP contribution in [0.2, 0.25) is 0 Å². The Balaban J connectivity index is 2.74. The first-order valence-electron chi connectivity index (χ1n) is 6.17. The Labute approximate surface area is 107 Å². The number of fused-ring (bicyclic) bond motifs is 1. The maximum Gasteiger partial charge on any atom is 0.140 e. The quantitative estimate of drug-likeness (QED) is 0.901. The summed E-state index contributed by atoms with van der Waals surface area (Å²) in [4.78, 5) is 4.61. The minimum absolute atomic E-state index is 0.183. The first-order valence-corrected chi connectivity index (χ1v) is 6.17. The predicted octanol–water partition coefficient (Wildman–Crippen LogP) is 3.38. The largest absolute Gasteiger partial charge is 0.506 e. The lowest BCUT2D eigenvalue weighted by Crippen LogP contribution is -2.21. The number of pyridine rings is 1. The Morgan fingerprint density at radius 1 is 1.33 bits per heavy atom. The highest BCUT2D eigenvalue weighted by atomic mass is 16.5. The van der Waals surface area contributed by atoms with Crippen LogP contribution in [0.25, 0.3) is 10.9 Å². The lowest BCUT2D eigenvalue weighted by molar-refractivity contribution is 0.0138. The van der Waals surface area contributed by atoms with E-state index in [0.717, 1.165) is 17.3 Å². The predicted molar refractivity (Wildman–Crippen MR) is 72.8 cm³/mol. The van der Waals surface area contributed by atoms with Crippen LogP contribution in [0, 0.1) is 0 Å². The van der Waals surface area contributed by atoms with Gasteiger partial charge in [-0.15, -0.1) is 0 Å². The molecule has 0 spiro atoms. The molecule has 3 heteroatoms. The highest BCUT2D eigenvalue weighted by Gasteiger charge is 2.25. The Morgan fingerprint density at radius 3 is 2.67 bits per heavy atom. The van der Waals surface area contributed by atoms with Gasteiger partial charge in [-0.1, -0.05) is 25.1 Å². The third kappa shape index (κ3) is 2.06. The number of aromatic hydroxyl groups is 1. The van der Waals surface area contributed by atoms with Crippen LogP contribution in [0.3, 0.4) is 0 Å². The van der Waals surface area contributed by atoms with Crippen molar-refractivity contribution in [3.8, 4) is 5.75 Å². The number of nitrogens with zero attached hydrogens (tertiary/aromatic N) is 1. The van der Waals surface area contributed by atoms with Gasteiger partial charge in [-0.2, -0.15) is 0 Å². The fourth-order valence-electron chi connectivity index (χ4n) is 2.07. The number of ether oxygens (including phenoxy) is 1. The molecule has 1 aromatic heterocycles. The molecule has 0 amide bonds. The molecular weight excluding hydrogens is 226 g/mol. The molecule has 1 heterocycles. The average molecular weight is 245 g/mol. The van der Waals surface area contributed by atoms with Gasteiger partial charge in [0.25, 0.3) is 0 Å². The van der Waals surface area contributed by atoms with Crippen LogP contribution in [-0.2, 0) is 16.8 Å². The zero-order valence-corrected chi connectivity index (χ0v) is 11.3. The van der Waals surface area contributed by atoms with Crippen LogP contribution < -0.4 is 0 Å². The van der Waals surface area contributed by atoms with Gasteiger partial charge in [0.2, 0.25) is 0 Å². The highest BCUT2D eigenvalue weighted by molar-refractivity contribution is 5.83. The molecule has 0 unspecified atom stereocenters. The second-order valence-electron chi connectivity index (χ2n) is 4.91. The van der Waals surface area contributed by atoms with E-state index in [1.165, 1.54) is 5.56 Å². The molecule has 18 heavy (non-hydrogen) atoms. The summed E-state index contributed by atoms with van der Waals surface area (Å²) in [5.74, 6) is 0.183. The molecule has 2 rings (SSSR count). The number of aromatic nitrogens is 1. The third-order valence-corrected chi connectivity index (χ3v) is 3.37. The lowest BCUT2D eigenvalue weighted by Gasteiger charge is -2.23. The van der Waals surface area contributed by atoms with Crippen molar-refractivity contribution in [1.29, 1.82) is 0 Å². The fourth-order valence-corrected chi connectivity index (χ4v) is 2.07. The van der Waals surface area contributed by atoms with Crippen LogP contribution in [0.4, 0.5) is 0 Å². The maximum absolute atomic E-state index is 10.1. The fraction of sp³-hybridized carbons (Fsp3) is 0.400. The average Bonchev–Trinajstić information content (AvgIpc) is 2.36. The summed E-state index contributed by atoms with van der Waals surface area (Å²) in [6.07, 6.45) is 0.919. The summed E-state index contributed by atoms with van der Waals surface area (Å²) in [6.45, 7) is 5.90. The Hall–Kier alpha value is -1.61. The first kappa shape index (κ1) is 12.8. The highest BCUT2D eigenvalue weighted by Crippen LogP contribution is 2.33. The van der Waals surface area contributed by atoms with Gasteiger partial charge >= 0.3 is 0 Å². The first-order chi connectivity index (χ1) is 8.49. The molecule has 0 fully saturated rings. The summed E-state index contributed by atoms with van der Waals surface area (Å²) in [5, 5.41) is 11.1. The number of methoxy groups -OCH3 is 1. The number of benzene rings is 1. The number of aryl methyl sites for hydroxylation is 1. The van der Waals surface area contributed by atoms with Crippen molar-refractivity contribution >= 4 is 10.9 Å². The number of hydrogen-bond donors (Lipinski definition) is 1. The standard InChI is InChI=1S/C15H19NO2/c1-5-10-7-6-8-11-9-12(17)14(16-13(10)11)15(2,3)18-4/h6-9,17H,5H2,1-4H3. The van der Waals surface area contributed by atoms with Crippen molar-refractivity contribution in [1.82, 2.24) is 4.98 Å². The van der Waals surface area contributed by atoms with Crippen LogP contribution >= 0.6 is 0 Å². The van der Waals surface area contributed by atoms with Crippen LogP contribution in [-0.4, -0.2) is 17.2 Å². The van der Waals surface area contributed by atoms with Crippen LogP contribution in [0.5, 0.6) is 5.75 Å². The summed E-state index contributed by atoms with van der Waals surface area (Å²) in [5.41, 5.74) is 2.11. The van der Waals surface area contributed by atoms with Crippen molar-refractivity contribution in [2.24, 2.45) is 0 Å². The smallest absolute Gasteiger partial charge is 0.140 e. The summed E-state index contributed by atoms with van der Waals surface area (Å²) >= 11 is 0. The van der Waals surface area contributed by atoms with Crippen molar-refractivity contribution < 1.29 is 9.84 Å². The van der Waals surface area contributed by atoms with Gasteiger partial charge in [-0.3, -0.25) is 0 Å². The molecule has 0 radical (unpaired) electrons. The zero-order valence-electron chi connectivity index (χ0n) is 11.3. The summed E-state index contributed by atoms with van der Waals surface area (Å²) in [7, 11) is 1.62. The number of para-hydroxylation sites is 1. The van der Waals surface area contributed by atoms with Gasteiger partial charge in [0, 0.05) is 12.5 Å². The van der Waals surface area contributed by atoms with E-state index in [-0.39, 0.29) is 5.75 Å². The van der Waals surface area contributed by atoms with Crippen molar-refractivity contribution in [2.45, 2.75) is 32.8 Å². The number of rotatable bonds is 3. The van der Waals surface area contributed by atoms with Gasteiger partial charge in [-0.25, -0.2) is 4.98 Å². The van der Waals surface area contributed by atoms with Gasteiger partial charge in [0.15, 0.2) is 0 Å². The molecule has 1 N–H and O–H groups in total. The molecule has 0 aliphatic rings. The van der Waals surface area contributed by atoms with Gasteiger partial charge < -0.3 is 9.84 Å². The molecule has 0 aliphatic carbocycles. The Morgan fingerprint density at radius 2 is 2.06 bits per heavy atom. The van der Waals surface area contributed by atoms with Crippen LogP contribution in [0.15, 0.2) is 24.3 Å². The van der Waals surface area contributed by atoms with Crippen LogP contribution in [0.1, 0.15) is 32.0 Å². The minimum atomic E-state index is -0.598.